The van der Waals surface area contributed by atoms with E-state index in [-0.39, 0.29) is 11.4 Å². The van der Waals surface area contributed by atoms with Crippen LogP contribution in [0.25, 0.3) is 0 Å². The lowest BCUT2D eigenvalue weighted by atomic mass is 10.1. The fourth-order valence-corrected chi connectivity index (χ4v) is 2.55. The molecule has 0 amide bonds. The number of nitrogens with zero attached hydrogens (tertiary/aromatic N) is 3. The summed E-state index contributed by atoms with van der Waals surface area (Å²) in [6.07, 6.45) is 1.62. The second kappa shape index (κ2) is 5.26. The first kappa shape index (κ1) is 12.4. The summed E-state index contributed by atoms with van der Waals surface area (Å²) in [5.74, 6) is -1.46. The number of aliphatic imine (C=N–C) groups is 1. The molecule has 0 atom stereocenters. The summed E-state index contributed by atoms with van der Waals surface area (Å²) in [7, 11) is 1.94. The van der Waals surface area contributed by atoms with Crippen LogP contribution in [0.5, 0.6) is 0 Å². The minimum absolute atomic E-state index is 0.0551. The van der Waals surface area contributed by atoms with E-state index < -0.39 is 23.8 Å². The fourth-order valence-electron chi connectivity index (χ4n) is 2.55. The summed E-state index contributed by atoms with van der Waals surface area (Å²) < 4.78 is 48.4. The molecule has 1 fully saturated rings. The SMILES string of the molecule is [2H]C([2H])(OC1=NCN2CC(C)(C)N(C)C2=C1)c1cccc(F)c1F. The van der Waals surface area contributed by atoms with Gasteiger partial charge in [-0.05, 0) is 19.9 Å². The minimum atomic E-state index is -2.53. The lowest BCUT2D eigenvalue weighted by molar-refractivity contribution is 0.260. The lowest BCUT2D eigenvalue weighted by Gasteiger charge is -2.28. The molecule has 0 spiro atoms. The standard InChI is InChI=1S/C16H19F2N3O/c1-16(2)9-21-10-19-13(7-14(21)20(16)3)22-8-11-5-4-6-12(17)15(11)18/h4-7H,8-10H2,1-3H3/i8D2. The molecule has 2 heterocycles. The van der Waals surface area contributed by atoms with Crippen LogP contribution in [0.1, 0.15) is 22.2 Å². The van der Waals surface area contributed by atoms with E-state index >= 15 is 0 Å². The molecule has 3 rings (SSSR count). The fraction of sp³-hybridized carbons (Fsp3) is 0.438. The zero-order chi connectivity index (χ0) is 17.7. The second-order valence-electron chi connectivity index (χ2n) is 6.02. The van der Waals surface area contributed by atoms with Crippen molar-refractivity contribution in [2.75, 3.05) is 20.3 Å². The Kier molecular flexibility index (Phi) is 2.98. The highest BCUT2D eigenvalue weighted by atomic mass is 19.2. The number of likely N-dealkylation sites (N-methyl/N-ethyl adjacent to an activating group) is 1. The van der Waals surface area contributed by atoms with Gasteiger partial charge >= 0.3 is 0 Å². The molecule has 2 aliphatic rings. The van der Waals surface area contributed by atoms with Crippen molar-refractivity contribution < 1.29 is 16.3 Å². The maximum atomic E-state index is 13.9. The predicted molar refractivity (Wildman–Crippen MR) is 80.1 cm³/mol. The van der Waals surface area contributed by atoms with Crippen molar-refractivity contribution in [2.24, 2.45) is 4.99 Å². The van der Waals surface area contributed by atoms with E-state index in [1.165, 1.54) is 6.07 Å². The molecule has 1 saturated heterocycles. The Hall–Kier alpha value is -2.11. The molecular weight excluding hydrogens is 288 g/mol. The van der Waals surface area contributed by atoms with Crippen LogP contribution in [0.3, 0.4) is 0 Å². The minimum Gasteiger partial charge on any atom is -0.473 e. The molecule has 4 nitrogen and oxygen atoms in total. The van der Waals surface area contributed by atoms with Gasteiger partial charge in [-0.25, -0.2) is 13.8 Å². The van der Waals surface area contributed by atoms with Crippen molar-refractivity contribution >= 4 is 5.90 Å². The zero-order valence-corrected chi connectivity index (χ0v) is 12.7. The van der Waals surface area contributed by atoms with Crippen LogP contribution >= 0.6 is 0 Å². The topological polar surface area (TPSA) is 28.1 Å². The number of rotatable bonds is 2. The first-order valence-electron chi connectivity index (χ1n) is 8.00. The third-order valence-electron chi connectivity index (χ3n) is 4.02. The smallest absolute Gasteiger partial charge is 0.214 e. The van der Waals surface area contributed by atoms with Gasteiger partial charge in [0.05, 0.1) is 8.28 Å². The summed E-state index contributed by atoms with van der Waals surface area (Å²) in [4.78, 5) is 8.30. The average molecular weight is 309 g/mol. The largest absolute Gasteiger partial charge is 0.473 e. The molecule has 1 aromatic carbocycles. The summed E-state index contributed by atoms with van der Waals surface area (Å²) in [5.41, 5.74) is -0.573. The van der Waals surface area contributed by atoms with Crippen molar-refractivity contribution in [3.63, 3.8) is 0 Å². The molecule has 6 heteroatoms. The molecule has 0 radical (unpaired) electrons. The highest BCUT2D eigenvalue weighted by molar-refractivity contribution is 5.89. The summed E-state index contributed by atoms with van der Waals surface area (Å²) in [6.45, 7) is 2.77. The van der Waals surface area contributed by atoms with Crippen molar-refractivity contribution in [1.29, 1.82) is 0 Å². The second-order valence-corrected chi connectivity index (χ2v) is 6.02. The number of fused-ring (bicyclic) bond motifs is 1. The van der Waals surface area contributed by atoms with Crippen LogP contribution in [0.15, 0.2) is 35.1 Å². The van der Waals surface area contributed by atoms with Gasteiger partial charge in [0, 0.05) is 25.2 Å². The third-order valence-corrected chi connectivity index (χ3v) is 4.02. The summed E-state index contributed by atoms with van der Waals surface area (Å²) >= 11 is 0. The molecule has 0 unspecified atom stereocenters. The normalized spacial score (nSPS) is 21.7. The molecule has 22 heavy (non-hydrogen) atoms. The zero-order valence-electron chi connectivity index (χ0n) is 14.7. The van der Waals surface area contributed by atoms with Crippen LogP contribution in [0.2, 0.25) is 0 Å². The van der Waals surface area contributed by atoms with Crippen LogP contribution in [0.4, 0.5) is 8.78 Å². The number of hydrogen-bond acceptors (Lipinski definition) is 4. The molecule has 0 bridgehead atoms. The van der Waals surface area contributed by atoms with Gasteiger partial charge in [0.1, 0.15) is 19.0 Å². The lowest BCUT2D eigenvalue weighted by Crippen LogP contribution is -2.36. The maximum Gasteiger partial charge on any atom is 0.214 e. The molecule has 118 valence electrons. The van der Waals surface area contributed by atoms with Gasteiger partial charge in [0.2, 0.25) is 5.90 Å². The van der Waals surface area contributed by atoms with E-state index in [0.717, 1.165) is 24.5 Å². The van der Waals surface area contributed by atoms with E-state index in [0.29, 0.717) is 6.67 Å². The number of hydrogen-bond donors (Lipinski definition) is 0. The van der Waals surface area contributed by atoms with Gasteiger partial charge in [0.25, 0.3) is 0 Å². The van der Waals surface area contributed by atoms with Crippen molar-refractivity contribution in [2.45, 2.75) is 25.9 Å². The van der Waals surface area contributed by atoms with Crippen molar-refractivity contribution in [1.82, 2.24) is 9.80 Å². The highest BCUT2D eigenvalue weighted by Gasteiger charge is 2.38. The number of halogens is 2. The van der Waals surface area contributed by atoms with E-state index in [9.17, 15) is 8.78 Å². The molecule has 1 aromatic rings. The van der Waals surface area contributed by atoms with Gasteiger partial charge in [0.15, 0.2) is 11.6 Å². The Balaban J connectivity index is 1.85. The van der Waals surface area contributed by atoms with Crippen molar-refractivity contribution in [3.8, 4) is 0 Å². The van der Waals surface area contributed by atoms with E-state index in [1.807, 2.05) is 11.9 Å². The Bertz CT molecular complexity index is 734. The van der Waals surface area contributed by atoms with Crippen LogP contribution in [-0.2, 0) is 11.3 Å². The van der Waals surface area contributed by atoms with E-state index in [4.69, 9.17) is 7.48 Å². The third kappa shape index (κ3) is 2.53. The predicted octanol–water partition coefficient (Wildman–Crippen LogP) is 2.72. The molecule has 0 aromatic heterocycles. The Morgan fingerprint density at radius 2 is 2.18 bits per heavy atom. The number of ether oxygens (including phenoxy) is 1. The Morgan fingerprint density at radius 3 is 2.95 bits per heavy atom. The average Bonchev–Trinajstić information content (AvgIpc) is 2.72. The van der Waals surface area contributed by atoms with Gasteiger partial charge < -0.3 is 14.5 Å². The van der Waals surface area contributed by atoms with E-state index in [1.54, 1.807) is 6.08 Å². The molecule has 2 aliphatic heterocycles. The van der Waals surface area contributed by atoms with Gasteiger partial charge in [-0.2, -0.15) is 0 Å². The van der Waals surface area contributed by atoms with Gasteiger partial charge in [-0.15, -0.1) is 0 Å². The van der Waals surface area contributed by atoms with Crippen LogP contribution in [0, 0.1) is 11.6 Å². The molecule has 0 aliphatic carbocycles. The van der Waals surface area contributed by atoms with Crippen LogP contribution in [-0.4, -0.2) is 41.5 Å². The summed E-state index contributed by atoms with van der Waals surface area (Å²) in [6, 6.07) is 3.33. The summed E-state index contributed by atoms with van der Waals surface area (Å²) in [5, 5.41) is 0. The van der Waals surface area contributed by atoms with Gasteiger partial charge in [-0.3, -0.25) is 0 Å². The van der Waals surface area contributed by atoms with Crippen molar-refractivity contribution in [3.05, 3.63) is 47.3 Å². The molecule has 0 N–H and O–H groups in total. The first-order valence-corrected chi connectivity index (χ1v) is 7.00. The first-order chi connectivity index (χ1) is 11.1. The maximum absolute atomic E-state index is 13.9. The highest BCUT2D eigenvalue weighted by Crippen LogP contribution is 2.31. The Morgan fingerprint density at radius 1 is 1.41 bits per heavy atom. The quantitative estimate of drug-likeness (QED) is 0.841. The number of benzene rings is 1. The molecule has 0 saturated carbocycles. The monoisotopic (exact) mass is 309 g/mol. The van der Waals surface area contributed by atoms with E-state index in [2.05, 4.69) is 23.7 Å². The van der Waals surface area contributed by atoms with Gasteiger partial charge in [-0.1, -0.05) is 12.1 Å². The molecular formula is C16H19F2N3O. The Labute approximate surface area is 131 Å². The van der Waals surface area contributed by atoms with Crippen LogP contribution < -0.4 is 0 Å².